The number of nitrogen functional groups attached to an aromatic ring is 1. The standard InChI is InChI=1S/C25H22N6S/c1-3-4-5-19(16-6-7-32-14-16)20-9-23(29-15(20)2)25-21-10-22(28-13-24(21)30-31-25)17-8-18(26)12-27-11-17/h3-14,29H,26H2,1-2H3,(H,30,31)/b4-3-,19-5-. The van der Waals surface area contributed by atoms with E-state index < -0.39 is 0 Å². The summed E-state index contributed by atoms with van der Waals surface area (Å²) in [4.78, 5) is 12.3. The van der Waals surface area contributed by atoms with Crippen LogP contribution in [-0.2, 0) is 0 Å². The molecule has 0 saturated carbocycles. The molecule has 0 saturated heterocycles. The molecule has 0 spiro atoms. The van der Waals surface area contributed by atoms with Crippen molar-refractivity contribution in [2.75, 3.05) is 5.73 Å². The smallest absolute Gasteiger partial charge is 0.116 e. The predicted octanol–water partition coefficient (Wildman–Crippen LogP) is 5.97. The van der Waals surface area contributed by atoms with Crippen molar-refractivity contribution in [3.63, 3.8) is 0 Å². The van der Waals surface area contributed by atoms with Gasteiger partial charge < -0.3 is 10.7 Å². The van der Waals surface area contributed by atoms with Crippen LogP contribution in [0.2, 0.25) is 0 Å². The Labute approximate surface area is 189 Å². The molecule has 7 heteroatoms. The average Bonchev–Trinajstić information content (AvgIpc) is 3.54. The second kappa shape index (κ2) is 8.28. The van der Waals surface area contributed by atoms with Gasteiger partial charge in [0.15, 0.2) is 0 Å². The zero-order chi connectivity index (χ0) is 22.1. The number of aromatic nitrogens is 5. The van der Waals surface area contributed by atoms with Gasteiger partial charge in [0.25, 0.3) is 0 Å². The molecule has 0 aliphatic carbocycles. The molecule has 0 unspecified atom stereocenters. The summed E-state index contributed by atoms with van der Waals surface area (Å²) in [6, 6.07) is 8.21. The maximum atomic E-state index is 5.91. The number of aryl methyl sites for hydroxylation is 1. The van der Waals surface area contributed by atoms with Gasteiger partial charge in [0.2, 0.25) is 0 Å². The summed E-state index contributed by atoms with van der Waals surface area (Å²) >= 11 is 1.70. The highest BCUT2D eigenvalue weighted by Crippen LogP contribution is 2.34. The lowest BCUT2D eigenvalue weighted by molar-refractivity contribution is 1.11. The molecule has 4 N–H and O–H groups in total. The molecule has 32 heavy (non-hydrogen) atoms. The quantitative estimate of drug-likeness (QED) is 0.294. The third-order valence-electron chi connectivity index (χ3n) is 5.35. The number of nitrogens with zero attached hydrogens (tertiary/aromatic N) is 3. The summed E-state index contributed by atoms with van der Waals surface area (Å²) < 4.78 is 0. The fraction of sp³-hybridized carbons (Fsp3) is 0.0800. The van der Waals surface area contributed by atoms with E-state index in [4.69, 9.17) is 5.73 Å². The number of fused-ring (bicyclic) bond motifs is 1. The minimum Gasteiger partial charge on any atom is -0.397 e. The van der Waals surface area contributed by atoms with E-state index in [-0.39, 0.29) is 0 Å². The third kappa shape index (κ3) is 3.63. The van der Waals surface area contributed by atoms with E-state index >= 15 is 0 Å². The maximum absolute atomic E-state index is 5.91. The number of H-pyrrole nitrogens is 2. The number of aromatic amines is 2. The van der Waals surface area contributed by atoms with Gasteiger partial charge in [-0.25, -0.2) is 0 Å². The zero-order valence-electron chi connectivity index (χ0n) is 17.8. The molecule has 0 fully saturated rings. The van der Waals surface area contributed by atoms with E-state index in [1.165, 1.54) is 11.1 Å². The number of nitrogens with one attached hydrogen (secondary N) is 2. The predicted molar refractivity (Wildman–Crippen MR) is 132 cm³/mol. The molecule has 0 aliphatic heterocycles. The molecular weight excluding hydrogens is 416 g/mol. The molecule has 5 rings (SSSR count). The maximum Gasteiger partial charge on any atom is 0.116 e. The van der Waals surface area contributed by atoms with Gasteiger partial charge >= 0.3 is 0 Å². The van der Waals surface area contributed by atoms with Gasteiger partial charge in [0, 0.05) is 34.6 Å². The molecule has 5 aromatic heterocycles. The first-order chi connectivity index (χ1) is 15.6. The number of hydrogen-bond acceptors (Lipinski definition) is 5. The molecule has 0 bridgehead atoms. The molecule has 0 aromatic carbocycles. The van der Waals surface area contributed by atoms with Crippen molar-refractivity contribution in [2.45, 2.75) is 13.8 Å². The van der Waals surface area contributed by atoms with Crippen LogP contribution in [0.25, 0.3) is 39.1 Å². The summed E-state index contributed by atoms with van der Waals surface area (Å²) in [6.07, 6.45) is 11.4. The minimum absolute atomic E-state index is 0.607. The van der Waals surface area contributed by atoms with Crippen LogP contribution in [0.15, 0.2) is 71.8 Å². The van der Waals surface area contributed by atoms with Crippen molar-refractivity contribution in [2.24, 2.45) is 0 Å². The normalized spacial score (nSPS) is 12.2. The monoisotopic (exact) mass is 438 g/mol. The van der Waals surface area contributed by atoms with Crippen molar-refractivity contribution in [3.05, 3.63) is 88.7 Å². The first-order valence-electron chi connectivity index (χ1n) is 10.2. The van der Waals surface area contributed by atoms with Crippen molar-refractivity contribution in [3.8, 4) is 22.6 Å². The molecule has 0 radical (unpaired) electrons. The molecule has 5 aromatic rings. The SMILES string of the molecule is C/C=C\C=C(\c1ccsc1)c1cc(-c2n[nH]c3cnc(-c4cncc(N)c4)cc23)[nH]c1C. The van der Waals surface area contributed by atoms with Crippen LogP contribution in [0.5, 0.6) is 0 Å². The fourth-order valence-electron chi connectivity index (χ4n) is 3.79. The number of rotatable bonds is 5. The Kier molecular flexibility index (Phi) is 5.17. The minimum atomic E-state index is 0.607. The van der Waals surface area contributed by atoms with Crippen LogP contribution in [0, 0.1) is 6.92 Å². The van der Waals surface area contributed by atoms with Crippen LogP contribution in [0.1, 0.15) is 23.7 Å². The van der Waals surface area contributed by atoms with Gasteiger partial charge in [-0.15, -0.1) is 0 Å². The van der Waals surface area contributed by atoms with Gasteiger partial charge in [0.05, 0.1) is 28.8 Å². The van der Waals surface area contributed by atoms with Gasteiger partial charge in [-0.05, 0) is 60.0 Å². The van der Waals surface area contributed by atoms with E-state index in [9.17, 15) is 0 Å². The Morgan fingerprint density at radius 1 is 1.16 bits per heavy atom. The molecule has 0 atom stereocenters. The molecular formula is C25H22N6S. The topological polar surface area (TPSA) is 96.3 Å². The van der Waals surface area contributed by atoms with Crippen LogP contribution in [0.4, 0.5) is 5.69 Å². The van der Waals surface area contributed by atoms with Crippen LogP contribution >= 0.6 is 11.3 Å². The number of nitrogens with two attached hydrogens (primary N) is 1. The molecule has 0 aliphatic rings. The van der Waals surface area contributed by atoms with Gasteiger partial charge in [-0.1, -0.05) is 18.2 Å². The summed E-state index contributed by atoms with van der Waals surface area (Å²) in [5.74, 6) is 0. The Bertz CT molecular complexity index is 1450. The number of thiophene rings is 1. The van der Waals surface area contributed by atoms with E-state index in [2.05, 4.69) is 67.1 Å². The largest absolute Gasteiger partial charge is 0.397 e. The highest BCUT2D eigenvalue weighted by atomic mass is 32.1. The lowest BCUT2D eigenvalue weighted by atomic mass is 9.99. The Hall–Kier alpha value is -3.97. The first-order valence-corrected chi connectivity index (χ1v) is 11.2. The Morgan fingerprint density at radius 2 is 2.06 bits per heavy atom. The van der Waals surface area contributed by atoms with Gasteiger partial charge in [-0.3, -0.25) is 15.1 Å². The lowest BCUT2D eigenvalue weighted by Gasteiger charge is -2.04. The van der Waals surface area contributed by atoms with Crippen LogP contribution in [-0.4, -0.2) is 25.1 Å². The van der Waals surface area contributed by atoms with E-state index in [0.29, 0.717) is 5.69 Å². The zero-order valence-corrected chi connectivity index (χ0v) is 18.6. The van der Waals surface area contributed by atoms with Crippen LogP contribution in [0.3, 0.4) is 0 Å². The van der Waals surface area contributed by atoms with Crippen molar-refractivity contribution < 1.29 is 0 Å². The number of anilines is 1. The van der Waals surface area contributed by atoms with Crippen molar-refractivity contribution in [1.82, 2.24) is 25.1 Å². The molecule has 6 nitrogen and oxygen atoms in total. The number of hydrogen-bond donors (Lipinski definition) is 3. The summed E-state index contributed by atoms with van der Waals surface area (Å²) in [7, 11) is 0. The van der Waals surface area contributed by atoms with Gasteiger partial charge in [-0.2, -0.15) is 16.4 Å². The first kappa shape index (κ1) is 20.0. The number of pyridine rings is 2. The van der Waals surface area contributed by atoms with Gasteiger partial charge in [0.1, 0.15) is 5.69 Å². The summed E-state index contributed by atoms with van der Waals surface area (Å²) in [6.45, 7) is 4.11. The van der Waals surface area contributed by atoms with E-state index in [1.54, 1.807) is 29.9 Å². The Balaban J connectivity index is 1.61. The summed E-state index contributed by atoms with van der Waals surface area (Å²) in [5.41, 5.74) is 15.5. The molecule has 158 valence electrons. The van der Waals surface area contributed by atoms with Crippen molar-refractivity contribution in [1.29, 1.82) is 0 Å². The third-order valence-corrected chi connectivity index (χ3v) is 6.03. The Morgan fingerprint density at radius 3 is 2.84 bits per heavy atom. The highest BCUT2D eigenvalue weighted by molar-refractivity contribution is 7.08. The van der Waals surface area contributed by atoms with Crippen molar-refractivity contribution >= 4 is 33.5 Å². The average molecular weight is 439 g/mol. The highest BCUT2D eigenvalue weighted by Gasteiger charge is 2.17. The molecule has 5 heterocycles. The number of allylic oxidation sites excluding steroid dienone is 3. The second-order valence-corrected chi connectivity index (χ2v) is 8.31. The van der Waals surface area contributed by atoms with E-state index in [0.717, 1.165) is 44.8 Å². The summed E-state index contributed by atoms with van der Waals surface area (Å²) in [5, 5.41) is 12.9. The second-order valence-electron chi connectivity index (χ2n) is 7.53. The van der Waals surface area contributed by atoms with Crippen LogP contribution < -0.4 is 5.73 Å². The molecule has 0 amide bonds. The lowest BCUT2D eigenvalue weighted by Crippen LogP contribution is -1.89. The fourth-order valence-corrected chi connectivity index (χ4v) is 4.45. The van der Waals surface area contributed by atoms with E-state index in [1.807, 2.05) is 25.1 Å².